The molecule has 1 N–H and O–H groups in total. The molecule has 0 bridgehead atoms. The molecule has 1 aliphatic rings. The summed E-state index contributed by atoms with van der Waals surface area (Å²) in [5.41, 5.74) is 1.30. The van der Waals surface area contributed by atoms with Gasteiger partial charge in [-0.3, -0.25) is 14.6 Å². The summed E-state index contributed by atoms with van der Waals surface area (Å²) in [7, 11) is 4.53. The molecule has 2 amide bonds. The van der Waals surface area contributed by atoms with Crippen LogP contribution in [0.15, 0.2) is 36.5 Å². The van der Waals surface area contributed by atoms with Crippen molar-refractivity contribution in [2.45, 2.75) is 13.0 Å². The standard InChI is InChI=1S/C20H23N3O5/c1-26-16-9-15(10-17(27-2)19(16)28-3)22-20(25)13-8-18(24)23(11-13)12-14-6-4-5-7-21-14/h4-7,9-10,13H,8,11-12H2,1-3H3,(H,22,25). The molecule has 0 radical (unpaired) electrons. The van der Waals surface area contributed by atoms with Crippen molar-refractivity contribution < 1.29 is 23.8 Å². The van der Waals surface area contributed by atoms with E-state index >= 15 is 0 Å². The Bertz CT molecular complexity index is 831. The van der Waals surface area contributed by atoms with E-state index in [4.69, 9.17) is 14.2 Å². The zero-order valence-corrected chi connectivity index (χ0v) is 16.1. The predicted molar refractivity (Wildman–Crippen MR) is 102 cm³/mol. The summed E-state index contributed by atoms with van der Waals surface area (Å²) in [4.78, 5) is 30.9. The highest BCUT2D eigenvalue weighted by atomic mass is 16.5. The van der Waals surface area contributed by atoms with Gasteiger partial charge in [0.05, 0.1) is 39.5 Å². The van der Waals surface area contributed by atoms with E-state index in [0.29, 0.717) is 36.0 Å². The molecule has 2 heterocycles. The van der Waals surface area contributed by atoms with Crippen LogP contribution in [-0.4, -0.2) is 49.6 Å². The fourth-order valence-corrected chi connectivity index (χ4v) is 3.19. The SMILES string of the molecule is COc1cc(NC(=O)C2CC(=O)N(Cc3ccccn3)C2)cc(OC)c1OC. The number of hydrogen-bond acceptors (Lipinski definition) is 6. The van der Waals surface area contributed by atoms with Gasteiger partial charge >= 0.3 is 0 Å². The summed E-state index contributed by atoms with van der Waals surface area (Å²) < 4.78 is 15.9. The Labute approximate surface area is 163 Å². The number of hydrogen-bond donors (Lipinski definition) is 1. The molecule has 3 rings (SSSR count). The summed E-state index contributed by atoms with van der Waals surface area (Å²) in [6.07, 6.45) is 1.85. The molecule has 1 saturated heterocycles. The van der Waals surface area contributed by atoms with Gasteiger partial charge in [0, 0.05) is 37.0 Å². The monoisotopic (exact) mass is 385 g/mol. The summed E-state index contributed by atoms with van der Waals surface area (Å²) in [5.74, 6) is 0.602. The van der Waals surface area contributed by atoms with Gasteiger partial charge in [0.15, 0.2) is 11.5 Å². The Morgan fingerprint density at radius 2 is 1.89 bits per heavy atom. The smallest absolute Gasteiger partial charge is 0.229 e. The Balaban J connectivity index is 1.69. The highest BCUT2D eigenvalue weighted by Gasteiger charge is 2.34. The number of nitrogens with one attached hydrogen (secondary N) is 1. The number of methoxy groups -OCH3 is 3. The zero-order chi connectivity index (χ0) is 20.1. The second-order valence-corrected chi connectivity index (χ2v) is 6.40. The largest absolute Gasteiger partial charge is 0.493 e. The van der Waals surface area contributed by atoms with Crippen LogP contribution in [0.3, 0.4) is 0 Å². The lowest BCUT2D eigenvalue weighted by Crippen LogP contribution is -2.28. The molecule has 8 heteroatoms. The molecule has 1 fully saturated rings. The fraction of sp³-hybridized carbons (Fsp3) is 0.350. The van der Waals surface area contributed by atoms with Crippen LogP contribution >= 0.6 is 0 Å². The quantitative estimate of drug-likeness (QED) is 0.785. The third-order valence-corrected chi connectivity index (χ3v) is 4.60. The lowest BCUT2D eigenvalue weighted by Gasteiger charge is -2.17. The highest BCUT2D eigenvalue weighted by Crippen LogP contribution is 2.40. The number of pyridine rings is 1. The molecule has 28 heavy (non-hydrogen) atoms. The van der Waals surface area contributed by atoms with E-state index in [1.54, 1.807) is 23.2 Å². The van der Waals surface area contributed by atoms with Crippen LogP contribution in [0.2, 0.25) is 0 Å². The molecule has 8 nitrogen and oxygen atoms in total. The van der Waals surface area contributed by atoms with Crippen molar-refractivity contribution in [3.8, 4) is 17.2 Å². The van der Waals surface area contributed by atoms with Crippen molar-refractivity contribution in [1.82, 2.24) is 9.88 Å². The van der Waals surface area contributed by atoms with Crippen molar-refractivity contribution >= 4 is 17.5 Å². The molecule has 0 spiro atoms. The van der Waals surface area contributed by atoms with Crippen molar-refractivity contribution in [3.05, 3.63) is 42.2 Å². The highest BCUT2D eigenvalue weighted by molar-refractivity contribution is 5.97. The van der Waals surface area contributed by atoms with Gasteiger partial charge in [0.1, 0.15) is 0 Å². The van der Waals surface area contributed by atoms with Crippen LogP contribution in [0, 0.1) is 5.92 Å². The second-order valence-electron chi connectivity index (χ2n) is 6.40. The van der Waals surface area contributed by atoms with Crippen LogP contribution in [0.25, 0.3) is 0 Å². The molecule has 1 aliphatic heterocycles. The number of carbonyl (C=O) groups excluding carboxylic acids is 2. The first kappa shape index (κ1) is 19.5. The molecular weight excluding hydrogens is 362 g/mol. The van der Waals surface area contributed by atoms with Crippen molar-refractivity contribution in [2.24, 2.45) is 5.92 Å². The molecule has 1 aromatic heterocycles. The van der Waals surface area contributed by atoms with E-state index in [1.807, 2.05) is 18.2 Å². The zero-order valence-electron chi connectivity index (χ0n) is 16.1. The maximum absolute atomic E-state index is 12.7. The molecule has 0 aliphatic carbocycles. The number of ether oxygens (including phenoxy) is 3. The van der Waals surface area contributed by atoms with Crippen molar-refractivity contribution in [1.29, 1.82) is 0 Å². The third-order valence-electron chi connectivity index (χ3n) is 4.60. The van der Waals surface area contributed by atoms with Crippen molar-refractivity contribution in [3.63, 3.8) is 0 Å². The maximum Gasteiger partial charge on any atom is 0.229 e. The molecular formula is C20H23N3O5. The van der Waals surface area contributed by atoms with E-state index in [0.717, 1.165) is 5.69 Å². The van der Waals surface area contributed by atoms with E-state index < -0.39 is 5.92 Å². The number of aromatic nitrogens is 1. The molecule has 2 aromatic rings. The lowest BCUT2D eigenvalue weighted by atomic mass is 10.1. The van der Waals surface area contributed by atoms with E-state index in [2.05, 4.69) is 10.3 Å². The van der Waals surface area contributed by atoms with Crippen LogP contribution in [0.1, 0.15) is 12.1 Å². The minimum atomic E-state index is -0.435. The molecule has 1 atom stereocenters. The first-order chi connectivity index (χ1) is 13.5. The van der Waals surface area contributed by atoms with Crippen LogP contribution in [0.5, 0.6) is 17.2 Å². The average molecular weight is 385 g/mol. The van der Waals surface area contributed by atoms with E-state index in [9.17, 15) is 9.59 Å². The molecule has 0 saturated carbocycles. The van der Waals surface area contributed by atoms with Gasteiger partial charge in [-0.15, -0.1) is 0 Å². The predicted octanol–water partition coefficient (Wildman–Crippen LogP) is 2.09. The van der Waals surface area contributed by atoms with Crippen LogP contribution in [0.4, 0.5) is 5.69 Å². The summed E-state index contributed by atoms with van der Waals surface area (Å²) in [6, 6.07) is 8.86. The van der Waals surface area contributed by atoms with Crippen molar-refractivity contribution in [2.75, 3.05) is 33.2 Å². The summed E-state index contributed by atoms with van der Waals surface area (Å²) in [6.45, 7) is 0.749. The minimum Gasteiger partial charge on any atom is -0.493 e. The normalized spacial score (nSPS) is 16.0. The minimum absolute atomic E-state index is 0.0595. The Kier molecular flexibility index (Phi) is 5.98. The third kappa shape index (κ3) is 4.16. The first-order valence-electron chi connectivity index (χ1n) is 8.84. The Morgan fingerprint density at radius 1 is 1.18 bits per heavy atom. The fourth-order valence-electron chi connectivity index (χ4n) is 3.19. The number of rotatable bonds is 7. The number of carbonyl (C=O) groups is 2. The number of likely N-dealkylation sites (tertiary alicyclic amines) is 1. The van der Waals surface area contributed by atoms with Gasteiger partial charge in [-0.25, -0.2) is 0 Å². The lowest BCUT2D eigenvalue weighted by molar-refractivity contribution is -0.128. The molecule has 1 aromatic carbocycles. The van der Waals surface area contributed by atoms with E-state index in [-0.39, 0.29) is 18.2 Å². The maximum atomic E-state index is 12.7. The topological polar surface area (TPSA) is 90.0 Å². The number of amides is 2. The van der Waals surface area contributed by atoms with Crippen LogP contribution in [-0.2, 0) is 16.1 Å². The number of nitrogens with zero attached hydrogens (tertiary/aromatic N) is 2. The summed E-state index contributed by atoms with van der Waals surface area (Å²) in [5, 5.41) is 2.84. The van der Waals surface area contributed by atoms with Gasteiger partial charge in [-0.2, -0.15) is 0 Å². The summed E-state index contributed by atoms with van der Waals surface area (Å²) >= 11 is 0. The van der Waals surface area contributed by atoms with Gasteiger partial charge in [0.25, 0.3) is 0 Å². The number of benzene rings is 1. The van der Waals surface area contributed by atoms with Gasteiger partial charge in [-0.05, 0) is 12.1 Å². The molecule has 148 valence electrons. The second kappa shape index (κ2) is 8.60. The van der Waals surface area contributed by atoms with Gasteiger partial charge < -0.3 is 24.4 Å². The first-order valence-corrected chi connectivity index (χ1v) is 8.84. The number of anilines is 1. The average Bonchev–Trinajstić information content (AvgIpc) is 3.08. The van der Waals surface area contributed by atoms with Crippen LogP contribution < -0.4 is 19.5 Å². The Hall–Kier alpha value is -3.29. The van der Waals surface area contributed by atoms with Gasteiger partial charge in [0.2, 0.25) is 17.6 Å². The van der Waals surface area contributed by atoms with Gasteiger partial charge in [-0.1, -0.05) is 6.07 Å². The molecule has 1 unspecified atom stereocenters. The Morgan fingerprint density at radius 3 is 2.46 bits per heavy atom. The van der Waals surface area contributed by atoms with E-state index in [1.165, 1.54) is 21.3 Å².